The summed E-state index contributed by atoms with van der Waals surface area (Å²) in [5.41, 5.74) is 1.74. The van der Waals surface area contributed by atoms with Crippen LogP contribution in [0.15, 0.2) is 17.1 Å². The van der Waals surface area contributed by atoms with Crippen LogP contribution in [-0.2, 0) is 23.0 Å². The van der Waals surface area contributed by atoms with Crippen molar-refractivity contribution in [3.8, 4) is 11.5 Å². The zero-order chi connectivity index (χ0) is 20.9. The van der Waals surface area contributed by atoms with Crippen LogP contribution in [0.2, 0.25) is 0 Å². The van der Waals surface area contributed by atoms with Gasteiger partial charge in [0.05, 0.1) is 27.0 Å². The van der Waals surface area contributed by atoms with Crippen molar-refractivity contribution < 1.29 is 17.9 Å². The van der Waals surface area contributed by atoms with Crippen LogP contribution in [0.3, 0.4) is 0 Å². The van der Waals surface area contributed by atoms with Crippen molar-refractivity contribution >= 4 is 16.0 Å². The minimum Gasteiger partial charge on any atom is -0.493 e. The lowest BCUT2D eigenvalue weighted by Gasteiger charge is -2.33. The van der Waals surface area contributed by atoms with E-state index in [9.17, 15) is 8.42 Å². The summed E-state index contributed by atoms with van der Waals surface area (Å²) in [4.78, 5) is 6.87. The average molecular weight is 413 g/mol. The lowest BCUT2D eigenvalue weighted by atomic mass is 9.99. The highest BCUT2D eigenvalue weighted by Crippen LogP contribution is 2.33. The lowest BCUT2D eigenvalue weighted by molar-refractivity contribution is 0.345. The molecule has 0 atom stereocenters. The van der Waals surface area contributed by atoms with E-state index in [2.05, 4.69) is 14.9 Å². The molecule has 0 saturated carbocycles. The summed E-state index contributed by atoms with van der Waals surface area (Å²) in [6.45, 7) is 8.23. The van der Waals surface area contributed by atoms with Crippen LogP contribution in [0.25, 0.3) is 0 Å². The quantitative estimate of drug-likeness (QED) is 0.519. The van der Waals surface area contributed by atoms with Gasteiger partial charge in [-0.2, -0.15) is 0 Å². The Bertz CT molecular complexity index is 821. The van der Waals surface area contributed by atoms with E-state index in [0.29, 0.717) is 18.8 Å². The molecule has 0 aliphatic carbocycles. The SMILES string of the molecule is CCNC(=NCC(C)(C)NS(C)(=O)=O)N1CCc2cc(OC)c(OC)cc2C1. The topological polar surface area (TPSA) is 92.3 Å². The molecule has 158 valence electrons. The van der Waals surface area contributed by atoms with Crippen molar-refractivity contribution in [1.29, 1.82) is 0 Å². The van der Waals surface area contributed by atoms with E-state index >= 15 is 0 Å². The van der Waals surface area contributed by atoms with Gasteiger partial charge in [-0.1, -0.05) is 0 Å². The molecule has 2 N–H and O–H groups in total. The number of fused-ring (bicyclic) bond motifs is 1. The normalized spacial score (nSPS) is 15.2. The highest BCUT2D eigenvalue weighted by atomic mass is 32.2. The summed E-state index contributed by atoms with van der Waals surface area (Å²) in [6.07, 6.45) is 2.03. The number of sulfonamides is 1. The maximum atomic E-state index is 11.6. The fourth-order valence-corrected chi connectivity index (χ4v) is 4.36. The van der Waals surface area contributed by atoms with Crippen LogP contribution in [0.1, 0.15) is 31.9 Å². The smallest absolute Gasteiger partial charge is 0.209 e. The van der Waals surface area contributed by atoms with Crippen molar-refractivity contribution in [1.82, 2.24) is 14.9 Å². The summed E-state index contributed by atoms with van der Waals surface area (Å²) in [5.74, 6) is 2.22. The second-order valence-corrected chi connectivity index (χ2v) is 9.32. The maximum Gasteiger partial charge on any atom is 0.209 e. The van der Waals surface area contributed by atoms with E-state index in [1.54, 1.807) is 14.2 Å². The molecule has 8 nitrogen and oxygen atoms in total. The average Bonchev–Trinajstić information content (AvgIpc) is 2.61. The van der Waals surface area contributed by atoms with Crippen molar-refractivity contribution in [2.75, 3.05) is 40.1 Å². The predicted octanol–water partition coefficient (Wildman–Crippen LogP) is 1.36. The van der Waals surface area contributed by atoms with Crippen molar-refractivity contribution in [2.24, 2.45) is 4.99 Å². The van der Waals surface area contributed by atoms with E-state index in [1.807, 2.05) is 32.9 Å². The molecule has 1 aliphatic heterocycles. The molecule has 2 rings (SSSR count). The molecular weight excluding hydrogens is 380 g/mol. The van der Waals surface area contributed by atoms with Gasteiger partial charge in [-0.05, 0) is 50.5 Å². The zero-order valence-electron chi connectivity index (χ0n) is 17.6. The molecule has 0 radical (unpaired) electrons. The highest BCUT2D eigenvalue weighted by molar-refractivity contribution is 7.88. The van der Waals surface area contributed by atoms with Gasteiger partial charge in [0, 0.05) is 25.2 Å². The number of rotatable bonds is 7. The van der Waals surface area contributed by atoms with Crippen LogP contribution in [-0.4, -0.2) is 64.9 Å². The number of hydrogen-bond acceptors (Lipinski definition) is 5. The summed E-state index contributed by atoms with van der Waals surface area (Å²) in [5, 5.41) is 3.31. The number of hydrogen-bond donors (Lipinski definition) is 2. The number of guanidine groups is 1. The fourth-order valence-electron chi connectivity index (χ4n) is 3.30. The summed E-state index contributed by atoms with van der Waals surface area (Å²) < 4.78 is 36.6. The standard InChI is InChI=1S/C19H32N4O4S/c1-7-20-18(21-13-19(2,3)22-28(6,24)25)23-9-8-14-10-16(26-4)17(27-5)11-15(14)12-23/h10-11,22H,7-9,12-13H2,1-6H3,(H,20,21). The minimum absolute atomic E-state index is 0.331. The van der Waals surface area contributed by atoms with Gasteiger partial charge in [-0.15, -0.1) is 0 Å². The fraction of sp³-hybridized carbons (Fsp3) is 0.632. The largest absolute Gasteiger partial charge is 0.493 e. The molecular formula is C19H32N4O4S. The Hall–Kier alpha value is -2.00. The summed E-state index contributed by atoms with van der Waals surface area (Å²) in [6, 6.07) is 4.05. The molecule has 28 heavy (non-hydrogen) atoms. The monoisotopic (exact) mass is 412 g/mol. The van der Waals surface area contributed by atoms with Gasteiger partial charge in [-0.25, -0.2) is 13.1 Å². The van der Waals surface area contributed by atoms with Crippen LogP contribution in [0, 0.1) is 0 Å². The Morgan fingerprint density at radius 2 is 1.82 bits per heavy atom. The Kier molecular flexibility index (Phi) is 7.16. The molecule has 0 saturated heterocycles. The lowest BCUT2D eigenvalue weighted by Crippen LogP contribution is -2.48. The highest BCUT2D eigenvalue weighted by Gasteiger charge is 2.25. The van der Waals surface area contributed by atoms with E-state index in [-0.39, 0.29) is 0 Å². The molecule has 0 fully saturated rings. The number of nitrogens with zero attached hydrogens (tertiary/aromatic N) is 2. The molecule has 0 spiro atoms. The summed E-state index contributed by atoms with van der Waals surface area (Å²) >= 11 is 0. The third kappa shape index (κ3) is 6.00. The Morgan fingerprint density at radius 3 is 2.36 bits per heavy atom. The Labute approximate surface area is 168 Å². The third-order valence-electron chi connectivity index (χ3n) is 4.44. The first-order chi connectivity index (χ1) is 13.1. The molecule has 1 aliphatic rings. The second kappa shape index (κ2) is 9.00. The van der Waals surface area contributed by atoms with Crippen LogP contribution < -0.4 is 19.5 Å². The van der Waals surface area contributed by atoms with E-state index in [1.165, 1.54) is 11.1 Å². The van der Waals surface area contributed by atoms with Gasteiger partial charge < -0.3 is 19.7 Å². The molecule has 0 aromatic heterocycles. The molecule has 1 aromatic carbocycles. The van der Waals surface area contributed by atoms with Gasteiger partial charge in [0.2, 0.25) is 10.0 Å². The number of aliphatic imine (C=N–C) groups is 1. The van der Waals surface area contributed by atoms with Gasteiger partial charge in [0.1, 0.15) is 0 Å². The number of nitrogens with one attached hydrogen (secondary N) is 2. The van der Waals surface area contributed by atoms with Gasteiger partial charge >= 0.3 is 0 Å². The van der Waals surface area contributed by atoms with Crippen LogP contribution in [0.4, 0.5) is 0 Å². The number of benzene rings is 1. The zero-order valence-corrected chi connectivity index (χ0v) is 18.4. The first-order valence-corrected chi connectivity index (χ1v) is 11.2. The Balaban J connectivity index is 2.21. The second-order valence-electron chi connectivity index (χ2n) is 7.58. The van der Waals surface area contributed by atoms with Crippen molar-refractivity contribution in [3.05, 3.63) is 23.3 Å². The first-order valence-electron chi connectivity index (χ1n) is 9.34. The molecule has 1 heterocycles. The van der Waals surface area contributed by atoms with E-state index in [0.717, 1.165) is 37.5 Å². The molecule has 9 heteroatoms. The van der Waals surface area contributed by atoms with Crippen molar-refractivity contribution in [3.63, 3.8) is 0 Å². The van der Waals surface area contributed by atoms with Crippen molar-refractivity contribution in [2.45, 2.75) is 39.3 Å². The van der Waals surface area contributed by atoms with Gasteiger partial charge in [-0.3, -0.25) is 4.99 Å². The number of ether oxygens (including phenoxy) is 2. The van der Waals surface area contributed by atoms with Gasteiger partial charge in [0.25, 0.3) is 0 Å². The molecule has 0 unspecified atom stereocenters. The third-order valence-corrected chi connectivity index (χ3v) is 5.36. The van der Waals surface area contributed by atoms with Crippen LogP contribution in [0.5, 0.6) is 11.5 Å². The number of methoxy groups -OCH3 is 2. The summed E-state index contributed by atoms with van der Waals surface area (Å²) in [7, 11) is -0.0276. The van der Waals surface area contributed by atoms with E-state index < -0.39 is 15.6 Å². The first kappa shape index (κ1) is 22.3. The van der Waals surface area contributed by atoms with Gasteiger partial charge in [0.15, 0.2) is 17.5 Å². The minimum atomic E-state index is -3.30. The Morgan fingerprint density at radius 1 is 1.21 bits per heavy atom. The maximum absolute atomic E-state index is 11.6. The van der Waals surface area contributed by atoms with E-state index in [4.69, 9.17) is 14.5 Å². The molecule has 0 bridgehead atoms. The predicted molar refractivity (Wildman–Crippen MR) is 112 cm³/mol. The molecule has 1 aromatic rings. The molecule has 0 amide bonds. The van der Waals surface area contributed by atoms with Crippen LogP contribution >= 0.6 is 0 Å².